The quantitative estimate of drug-likeness (QED) is 0.202. The van der Waals surface area contributed by atoms with E-state index in [0.717, 1.165) is 78.9 Å². The number of hydrogen-bond acceptors (Lipinski definition) is 5. The first kappa shape index (κ1) is 30.1. The summed E-state index contributed by atoms with van der Waals surface area (Å²) in [5.74, 6) is -0.324. The van der Waals surface area contributed by atoms with Crippen LogP contribution in [0.4, 0.5) is 0 Å². The van der Waals surface area contributed by atoms with Gasteiger partial charge in [-0.1, -0.05) is 72.3 Å². The molecule has 2 atom stereocenters. The van der Waals surface area contributed by atoms with E-state index in [1.807, 2.05) is 64.2 Å². The molecule has 1 aliphatic heterocycles. The molecule has 0 aliphatic carbocycles. The summed E-state index contributed by atoms with van der Waals surface area (Å²) in [6, 6.07) is 20.6. The Labute approximate surface area is 263 Å². The van der Waals surface area contributed by atoms with Crippen molar-refractivity contribution >= 4 is 39.4 Å². The van der Waals surface area contributed by atoms with Gasteiger partial charge >= 0.3 is 5.97 Å². The molecule has 7 nitrogen and oxygen atoms in total. The topological polar surface area (TPSA) is 80.5 Å². The molecule has 1 aromatic heterocycles. The number of hydrogen-bond donors (Lipinski definition) is 1. The highest BCUT2D eigenvalue weighted by Gasteiger charge is 2.40. The molecular formula is C36H39ClN4O3. The smallest absolute Gasteiger partial charge is 0.310 e. The predicted molar refractivity (Wildman–Crippen MR) is 175 cm³/mol. The van der Waals surface area contributed by atoms with Crippen LogP contribution in [-0.2, 0) is 24.9 Å². The number of ether oxygens (including phenoxy) is 1. The van der Waals surface area contributed by atoms with E-state index in [1.54, 1.807) is 4.68 Å². The van der Waals surface area contributed by atoms with Crippen molar-refractivity contribution < 1.29 is 14.6 Å². The van der Waals surface area contributed by atoms with Crippen LogP contribution in [-0.4, -0.2) is 43.6 Å². The van der Waals surface area contributed by atoms with Crippen LogP contribution in [0.1, 0.15) is 66.5 Å². The number of aliphatic carboxylic acids is 1. The molecule has 8 heteroatoms. The molecule has 5 aromatic rings. The summed E-state index contributed by atoms with van der Waals surface area (Å²) in [5, 5.41) is 21.8. The van der Waals surface area contributed by atoms with E-state index < -0.39 is 17.3 Å². The summed E-state index contributed by atoms with van der Waals surface area (Å²) in [5.41, 5.74) is 6.92. The van der Waals surface area contributed by atoms with Crippen molar-refractivity contribution in [3.8, 4) is 5.75 Å². The minimum absolute atomic E-state index is 0.0318. The molecule has 1 aliphatic rings. The minimum atomic E-state index is -1.08. The fraction of sp³-hybridized carbons (Fsp3) is 0.361. The Morgan fingerprint density at radius 1 is 1.11 bits per heavy atom. The normalized spacial score (nSPS) is 16.5. The van der Waals surface area contributed by atoms with Gasteiger partial charge in [0.15, 0.2) is 0 Å². The number of aromatic nitrogens is 3. The standard InChI is InChI=1S/C36H39ClN4O3/c1-7-26-20-41(19-25-17-30(37)28-10-8-9-11-29(28)34(25)44-26)18-24-16-23(13-12-21(24)2)32(36(4,5)35(42)43)27-14-15-31-33(22(27)3)38-39-40(31)6/h8-17,26,32H,7,18-20H2,1-6H3,(H,42,43)/t26-,32?/m1/s1. The van der Waals surface area contributed by atoms with Crippen LogP contribution >= 0.6 is 11.6 Å². The second kappa shape index (κ2) is 11.5. The van der Waals surface area contributed by atoms with Gasteiger partial charge in [-0.25, -0.2) is 4.68 Å². The Balaban J connectivity index is 1.41. The molecule has 0 spiro atoms. The number of benzene rings is 4. The molecule has 0 amide bonds. The van der Waals surface area contributed by atoms with Crippen molar-refractivity contribution in [1.82, 2.24) is 19.9 Å². The summed E-state index contributed by atoms with van der Waals surface area (Å²) in [6.45, 7) is 12.1. The van der Waals surface area contributed by atoms with Crippen molar-refractivity contribution in [2.24, 2.45) is 12.5 Å². The Morgan fingerprint density at radius 3 is 2.59 bits per heavy atom. The lowest BCUT2D eigenvalue weighted by molar-refractivity contribution is -0.147. The molecule has 4 aromatic carbocycles. The van der Waals surface area contributed by atoms with Gasteiger partial charge in [0, 0.05) is 54.0 Å². The number of carbonyl (C=O) groups is 1. The van der Waals surface area contributed by atoms with Crippen molar-refractivity contribution in [3.05, 3.63) is 99.1 Å². The highest BCUT2D eigenvalue weighted by Crippen LogP contribution is 2.44. The van der Waals surface area contributed by atoms with E-state index in [1.165, 1.54) is 0 Å². The number of halogens is 1. The maximum absolute atomic E-state index is 12.7. The SMILES string of the molecule is CC[C@@H]1CN(Cc2cc(C(c3ccc4c(nnn4C)c3C)C(C)(C)C(=O)O)ccc2C)Cc2cc(Cl)c3ccccc3c2O1. The van der Waals surface area contributed by atoms with E-state index in [0.29, 0.717) is 13.1 Å². The Hall–Kier alpha value is -3.94. The maximum Gasteiger partial charge on any atom is 0.310 e. The van der Waals surface area contributed by atoms with Crippen molar-refractivity contribution in [1.29, 1.82) is 0 Å². The van der Waals surface area contributed by atoms with Gasteiger partial charge in [0.25, 0.3) is 0 Å². The van der Waals surface area contributed by atoms with Gasteiger partial charge in [-0.3, -0.25) is 9.69 Å². The molecule has 0 saturated heterocycles. The zero-order valence-electron chi connectivity index (χ0n) is 26.2. The average molecular weight is 611 g/mol. The van der Waals surface area contributed by atoms with Crippen LogP contribution < -0.4 is 4.74 Å². The van der Waals surface area contributed by atoms with Gasteiger partial charge in [-0.15, -0.1) is 5.10 Å². The highest BCUT2D eigenvalue weighted by molar-refractivity contribution is 6.36. The fourth-order valence-corrected chi connectivity index (χ4v) is 6.99. The lowest BCUT2D eigenvalue weighted by Crippen LogP contribution is -2.33. The van der Waals surface area contributed by atoms with Crippen LogP contribution in [0, 0.1) is 19.3 Å². The Bertz CT molecular complexity index is 1900. The number of carboxylic acids is 1. The first-order valence-corrected chi connectivity index (χ1v) is 15.6. The average Bonchev–Trinajstić information content (AvgIpc) is 3.28. The summed E-state index contributed by atoms with van der Waals surface area (Å²) in [7, 11) is 1.87. The fourth-order valence-electron chi connectivity index (χ4n) is 6.70. The van der Waals surface area contributed by atoms with Gasteiger partial charge in [0.05, 0.1) is 10.9 Å². The molecule has 0 bridgehead atoms. The third-order valence-corrected chi connectivity index (χ3v) is 9.69. The van der Waals surface area contributed by atoms with Crippen LogP contribution in [0.15, 0.2) is 60.7 Å². The second-order valence-electron chi connectivity index (χ2n) is 12.7. The number of aryl methyl sites for hydroxylation is 3. The Morgan fingerprint density at radius 2 is 1.86 bits per heavy atom. The third kappa shape index (κ3) is 5.22. The minimum Gasteiger partial charge on any atom is -0.488 e. The summed E-state index contributed by atoms with van der Waals surface area (Å²) >= 11 is 6.75. The van der Waals surface area contributed by atoms with Crippen molar-refractivity contribution in [2.75, 3.05) is 6.54 Å². The summed E-state index contributed by atoms with van der Waals surface area (Å²) < 4.78 is 8.38. The van der Waals surface area contributed by atoms with Crippen LogP contribution in [0.3, 0.4) is 0 Å². The third-order valence-electron chi connectivity index (χ3n) is 9.38. The van der Waals surface area contributed by atoms with E-state index in [9.17, 15) is 9.90 Å². The van der Waals surface area contributed by atoms with E-state index >= 15 is 0 Å². The van der Waals surface area contributed by atoms with Gasteiger partial charge in [-0.2, -0.15) is 0 Å². The lowest BCUT2D eigenvalue weighted by atomic mass is 9.69. The van der Waals surface area contributed by atoms with Crippen molar-refractivity contribution in [2.45, 2.75) is 66.2 Å². The zero-order chi connectivity index (χ0) is 31.3. The van der Waals surface area contributed by atoms with Crippen LogP contribution in [0.2, 0.25) is 5.02 Å². The molecule has 2 heterocycles. The molecule has 1 N–H and O–H groups in total. The predicted octanol–water partition coefficient (Wildman–Crippen LogP) is 7.81. The lowest BCUT2D eigenvalue weighted by Gasteiger charge is -2.33. The molecule has 228 valence electrons. The highest BCUT2D eigenvalue weighted by atomic mass is 35.5. The molecular weight excluding hydrogens is 572 g/mol. The van der Waals surface area contributed by atoms with Crippen LogP contribution in [0.5, 0.6) is 5.75 Å². The van der Waals surface area contributed by atoms with Crippen molar-refractivity contribution in [3.63, 3.8) is 0 Å². The van der Waals surface area contributed by atoms with E-state index in [4.69, 9.17) is 16.3 Å². The molecule has 0 saturated carbocycles. The van der Waals surface area contributed by atoms with Gasteiger partial charge in [0.1, 0.15) is 17.4 Å². The largest absolute Gasteiger partial charge is 0.488 e. The second-order valence-corrected chi connectivity index (χ2v) is 13.1. The zero-order valence-corrected chi connectivity index (χ0v) is 26.9. The number of rotatable bonds is 7. The molecule has 0 fully saturated rings. The first-order valence-electron chi connectivity index (χ1n) is 15.2. The number of nitrogens with zero attached hydrogens (tertiary/aromatic N) is 4. The van der Waals surface area contributed by atoms with Gasteiger partial charge < -0.3 is 9.84 Å². The molecule has 1 unspecified atom stereocenters. The summed E-state index contributed by atoms with van der Waals surface area (Å²) in [4.78, 5) is 15.2. The maximum atomic E-state index is 12.7. The number of carboxylic acid groups (broad SMARTS) is 1. The molecule has 6 rings (SSSR count). The molecule has 44 heavy (non-hydrogen) atoms. The first-order chi connectivity index (χ1) is 21.0. The van der Waals surface area contributed by atoms with E-state index in [2.05, 4.69) is 53.3 Å². The van der Waals surface area contributed by atoms with Gasteiger partial charge in [-0.05, 0) is 74.1 Å². The summed E-state index contributed by atoms with van der Waals surface area (Å²) in [6.07, 6.45) is 0.912. The van der Waals surface area contributed by atoms with Gasteiger partial charge in [0.2, 0.25) is 0 Å². The Kier molecular flexibility index (Phi) is 7.89. The van der Waals surface area contributed by atoms with E-state index in [-0.39, 0.29) is 6.10 Å². The monoisotopic (exact) mass is 610 g/mol. The molecule has 0 radical (unpaired) electrons. The number of fused-ring (bicyclic) bond motifs is 4. The van der Waals surface area contributed by atoms with Crippen LogP contribution in [0.25, 0.3) is 21.8 Å².